The highest BCUT2D eigenvalue weighted by Gasteiger charge is 2.44. The van der Waals surface area contributed by atoms with Gasteiger partial charge in [-0.1, -0.05) is 12.1 Å². The number of benzene rings is 2. The summed E-state index contributed by atoms with van der Waals surface area (Å²) < 4.78 is 33.6. The van der Waals surface area contributed by atoms with Gasteiger partial charge in [0.15, 0.2) is 0 Å². The van der Waals surface area contributed by atoms with Gasteiger partial charge in [-0.15, -0.1) is 0 Å². The Hall–Kier alpha value is -2.71. The Kier molecular flexibility index (Phi) is 6.92. The number of methoxy groups -OCH3 is 1. The van der Waals surface area contributed by atoms with E-state index in [0.29, 0.717) is 19.0 Å². The van der Waals surface area contributed by atoms with E-state index in [1.54, 1.807) is 21.0 Å². The molecule has 0 spiro atoms. The van der Waals surface area contributed by atoms with E-state index in [2.05, 4.69) is 69.5 Å². The van der Waals surface area contributed by atoms with E-state index in [1.807, 2.05) is 6.20 Å². The first-order valence-electron chi connectivity index (χ1n) is 13.2. The number of rotatable bonds is 9. The lowest BCUT2D eigenvalue weighted by molar-refractivity contribution is 0.0177. The molecule has 1 saturated heterocycles. The van der Waals surface area contributed by atoms with E-state index in [-0.39, 0.29) is 18.3 Å². The molecule has 1 aromatic heterocycles. The molecule has 6 nitrogen and oxygen atoms in total. The maximum atomic E-state index is 15.2. The molecular formula is C29H39F2N5O. The highest BCUT2D eigenvalue weighted by Crippen LogP contribution is 2.47. The lowest BCUT2D eigenvalue weighted by Crippen LogP contribution is -2.55. The first kappa shape index (κ1) is 25.9. The second kappa shape index (κ2) is 9.87. The second-order valence-electron chi connectivity index (χ2n) is 11.8. The van der Waals surface area contributed by atoms with E-state index in [0.717, 1.165) is 54.0 Å². The lowest BCUT2D eigenvalue weighted by Gasteiger charge is -2.50. The highest BCUT2D eigenvalue weighted by molar-refractivity contribution is 5.84. The number of anilines is 1. The van der Waals surface area contributed by atoms with Crippen molar-refractivity contribution in [2.75, 3.05) is 45.3 Å². The van der Waals surface area contributed by atoms with Crippen LogP contribution in [-0.4, -0.2) is 77.2 Å². The number of nitrogens with zero attached hydrogens (tertiary/aromatic N) is 3. The van der Waals surface area contributed by atoms with E-state index in [4.69, 9.17) is 4.74 Å². The van der Waals surface area contributed by atoms with Gasteiger partial charge in [-0.05, 0) is 63.8 Å². The fraction of sp³-hybridized carbons (Fsp3) is 0.552. The molecule has 200 valence electrons. The molecule has 0 saturated carbocycles. The number of hydrogen-bond acceptors (Lipinski definition) is 5. The van der Waals surface area contributed by atoms with Crippen LogP contribution in [0, 0.1) is 0 Å². The highest BCUT2D eigenvalue weighted by atomic mass is 19.1. The number of ether oxygens (including phenoxy) is 1. The molecule has 0 amide bonds. The molecule has 1 fully saturated rings. The van der Waals surface area contributed by atoms with Gasteiger partial charge in [0.1, 0.15) is 11.4 Å². The van der Waals surface area contributed by atoms with Gasteiger partial charge >= 0.3 is 0 Å². The first-order chi connectivity index (χ1) is 17.6. The van der Waals surface area contributed by atoms with Crippen LogP contribution in [0.15, 0.2) is 36.5 Å². The molecule has 2 N–H and O–H groups in total. The first-order valence-corrected chi connectivity index (χ1v) is 13.2. The number of aromatic nitrogens is 2. The third-order valence-electron chi connectivity index (χ3n) is 7.78. The summed E-state index contributed by atoms with van der Waals surface area (Å²) in [6.07, 6.45) is 3.29. The van der Waals surface area contributed by atoms with Gasteiger partial charge < -0.3 is 10.1 Å². The summed E-state index contributed by atoms with van der Waals surface area (Å²) in [6.45, 7) is 10.3. The van der Waals surface area contributed by atoms with Gasteiger partial charge in [0.2, 0.25) is 0 Å². The van der Waals surface area contributed by atoms with E-state index in [1.165, 1.54) is 11.1 Å². The summed E-state index contributed by atoms with van der Waals surface area (Å²) in [5, 5.41) is 12.1. The Balaban J connectivity index is 1.51. The Morgan fingerprint density at radius 1 is 1.19 bits per heavy atom. The Bertz CT molecular complexity index is 1240. The van der Waals surface area contributed by atoms with Crippen molar-refractivity contribution < 1.29 is 13.5 Å². The van der Waals surface area contributed by atoms with Gasteiger partial charge in [-0.25, -0.2) is 4.39 Å². The summed E-state index contributed by atoms with van der Waals surface area (Å²) in [4.78, 5) is 4.55. The molecule has 0 aliphatic carbocycles. The maximum absolute atomic E-state index is 15.2. The fourth-order valence-electron chi connectivity index (χ4n) is 6.03. The van der Waals surface area contributed by atoms with Crippen LogP contribution in [0.4, 0.5) is 14.5 Å². The minimum absolute atomic E-state index is 0.169. The Labute approximate surface area is 218 Å². The van der Waals surface area contributed by atoms with Gasteiger partial charge in [0, 0.05) is 54.4 Å². The van der Waals surface area contributed by atoms with Crippen molar-refractivity contribution >= 4 is 16.6 Å². The van der Waals surface area contributed by atoms with Crippen LogP contribution >= 0.6 is 0 Å². The van der Waals surface area contributed by atoms with Crippen LogP contribution in [0.3, 0.4) is 0 Å². The van der Waals surface area contributed by atoms with Crippen LogP contribution in [0.1, 0.15) is 56.8 Å². The monoisotopic (exact) mass is 511 g/mol. The average molecular weight is 512 g/mol. The van der Waals surface area contributed by atoms with Gasteiger partial charge in [0.25, 0.3) is 0 Å². The molecule has 3 heterocycles. The zero-order valence-electron chi connectivity index (χ0n) is 22.6. The minimum Gasteiger partial charge on any atom is -0.496 e. The molecule has 3 aromatic rings. The molecule has 2 aliphatic heterocycles. The molecule has 0 unspecified atom stereocenters. The van der Waals surface area contributed by atoms with Crippen LogP contribution < -0.4 is 10.1 Å². The number of likely N-dealkylation sites (tertiary alicyclic amines) is 1. The van der Waals surface area contributed by atoms with Crippen molar-refractivity contribution in [2.45, 2.75) is 63.8 Å². The van der Waals surface area contributed by atoms with E-state index >= 15 is 4.39 Å². The van der Waals surface area contributed by atoms with Gasteiger partial charge in [-0.3, -0.25) is 19.3 Å². The number of aromatic amines is 1. The predicted octanol–water partition coefficient (Wildman–Crippen LogP) is 5.50. The van der Waals surface area contributed by atoms with Crippen molar-refractivity contribution in [2.24, 2.45) is 0 Å². The number of nitrogens with one attached hydrogen (secondary N) is 2. The third-order valence-corrected chi connectivity index (χ3v) is 7.78. The quantitative estimate of drug-likeness (QED) is 0.397. The molecule has 1 atom stereocenters. The van der Waals surface area contributed by atoms with Crippen LogP contribution in [0.2, 0.25) is 0 Å². The summed E-state index contributed by atoms with van der Waals surface area (Å²) in [7, 11) is 1.70. The van der Waals surface area contributed by atoms with Crippen molar-refractivity contribution in [1.82, 2.24) is 20.0 Å². The number of H-pyrrole nitrogens is 1. The smallest absolute Gasteiger partial charge is 0.126 e. The predicted molar refractivity (Wildman–Crippen MR) is 145 cm³/mol. The number of hydrogen-bond donors (Lipinski definition) is 2. The largest absolute Gasteiger partial charge is 0.496 e. The van der Waals surface area contributed by atoms with E-state index < -0.39 is 5.67 Å². The summed E-state index contributed by atoms with van der Waals surface area (Å²) in [6, 6.07) is 10.7. The molecule has 2 aliphatic rings. The van der Waals surface area contributed by atoms with Crippen molar-refractivity contribution in [3.63, 3.8) is 0 Å². The summed E-state index contributed by atoms with van der Waals surface area (Å²) in [5.74, 6) is 0.779. The summed E-state index contributed by atoms with van der Waals surface area (Å²) >= 11 is 0. The van der Waals surface area contributed by atoms with Crippen molar-refractivity contribution in [3.05, 3.63) is 53.2 Å². The molecule has 2 aromatic carbocycles. The van der Waals surface area contributed by atoms with Crippen molar-refractivity contribution in [3.8, 4) is 5.75 Å². The van der Waals surface area contributed by atoms with Crippen molar-refractivity contribution in [1.29, 1.82) is 0 Å². The minimum atomic E-state index is -1.36. The van der Waals surface area contributed by atoms with Crippen LogP contribution in [0.5, 0.6) is 5.75 Å². The third kappa shape index (κ3) is 5.18. The number of halogens is 2. The standard InChI is InChI=1S/C29H39F2N5O/c1-28(2,31)18-36-27(21-9-10-25-24(15-32-34-25)23(21)14-29(36,3)4)22-8-7-19(13-26(22)37-5)33-20-16-35(17-20)12-6-11-30/h7-10,13,15,20,27,33H,6,11-12,14,16-18H2,1-5H3,(H,32,34)/t27-/m0/s1. The molecule has 0 radical (unpaired) electrons. The fourth-order valence-corrected chi connectivity index (χ4v) is 6.03. The zero-order valence-corrected chi connectivity index (χ0v) is 22.6. The maximum Gasteiger partial charge on any atom is 0.126 e. The van der Waals surface area contributed by atoms with Gasteiger partial charge in [0.05, 0.1) is 37.6 Å². The van der Waals surface area contributed by atoms with E-state index in [9.17, 15) is 4.39 Å². The molecule has 37 heavy (non-hydrogen) atoms. The van der Waals surface area contributed by atoms with Crippen LogP contribution in [0.25, 0.3) is 10.9 Å². The Morgan fingerprint density at radius 3 is 2.65 bits per heavy atom. The SMILES string of the molecule is COc1cc(NC2CN(CCCF)C2)ccc1[C@@H]1c2ccc3[nH]ncc3c2CC(C)(C)N1CC(C)(C)F. The Morgan fingerprint density at radius 2 is 1.95 bits per heavy atom. The van der Waals surface area contributed by atoms with Gasteiger partial charge in [-0.2, -0.15) is 5.10 Å². The zero-order chi connectivity index (χ0) is 26.4. The topological polar surface area (TPSA) is 56.4 Å². The second-order valence-corrected chi connectivity index (χ2v) is 11.8. The summed E-state index contributed by atoms with van der Waals surface area (Å²) in [5.41, 5.74) is 3.80. The number of alkyl halides is 2. The molecule has 5 rings (SSSR count). The average Bonchev–Trinajstić information content (AvgIpc) is 3.29. The van der Waals surface area contributed by atoms with Crippen LogP contribution in [-0.2, 0) is 6.42 Å². The lowest BCUT2D eigenvalue weighted by atomic mass is 9.77. The number of fused-ring (bicyclic) bond motifs is 3. The molecule has 0 bridgehead atoms. The molecular weight excluding hydrogens is 472 g/mol. The molecule has 8 heteroatoms. The normalized spacial score (nSPS) is 20.6.